The van der Waals surface area contributed by atoms with Crippen LogP contribution in [0.3, 0.4) is 0 Å². The number of nitrogens with zero attached hydrogens (tertiary/aromatic N) is 1. The smallest absolute Gasteiger partial charge is 0.326 e. The fraction of sp³-hybridized carbons (Fsp3) is 0.222. The number of carboxylic acids is 1. The Balaban J connectivity index is 1.62. The van der Waals surface area contributed by atoms with E-state index in [-0.39, 0.29) is 0 Å². The summed E-state index contributed by atoms with van der Waals surface area (Å²) in [5, 5.41) is 12.8. The molecular weight excluding hydrogens is 480 g/mol. The molecular formula is C27H26N2O4S2. The molecule has 1 aromatic heterocycles. The van der Waals surface area contributed by atoms with Crippen molar-refractivity contribution in [3.63, 3.8) is 0 Å². The number of aliphatic carboxylic acids is 1. The van der Waals surface area contributed by atoms with Gasteiger partial charge in [-0.15, -0.1) is 0 Å². The second-order valence-corrected chi connectivity index (χ2v) is 10.1. The van der Waals surface area contributed by atoms with Gasteiger partial charge in [0.25, 0.3) is 11.1 Å². The maximum atomic E-state index is 13.2. The number of nitrogens with one attached hydrogen (secondary N) is 1. The van der Waals surface area contributed by atoms with Gasteiger partial charge in [0.2, 0.25) is 0 Å². The van der Waals surface area contributed by atoms with Gasteiger partial charge in [-0.1, -0.05) is 53.8 Å². The van der Waals surface area contributed by atoms with Gasteiger partial charge in [0.1, 0.15) is 12.6 Å². The lowest BCUT2D eigenvalue weighted by Crippen LogP contribution is -2.41. The van der Waals surface area contributed by atoms with Gasteiger partial charge in [0.05, 0.1) is 10.2 Å². The van der Waals surface area contributed by atoms with Crippen LogP contribution in [0, 0.1) is 6.92 Å². The number of amides is 1. The van der Waals surface area contributed by atoms with Crippen molar-refractivity contribution in [2.45, 2.75) is 26.0 Å². The van der Waals surface area contributed by atoms with Crippen molar-refractivity contribution in [3.05, 3.63) is 83.4 Å². The van der Waals surface area contributed by atoms with E-state index in [0.717, 1.165) is 32.5 Å². The van der Waals surface area contributed by atoms with Crippen LogP contribution in [0.5, 0.6) is 5.19 Å². The Morgan fingerprint density at radius 3 is 2.60 bits per heavy atom. The highest BCUT2D eigenvalue weighted by molar-refractivity contribution is 7.98. The molecule has 0 aliphatic heterocycles. The molecule has 0 aliphatic carbocycles. The van der Waals surface area contributed by atoms with Crippen LogP contribution < -0.4 is 10.1 Å². The molecule has 0 radical (unpaired) electrons. The average molecular weight is 507 g/mol. The van der Waals surface area contributed by atoms with Crippen molar-refractivity contribution in [3.8, 4) is 16.3 Å². The third-order valence-corrected chi connectivity index (χ3v) is 7.21. The number of aryl methyl sites for hydroxylation is 1. The first-order chi connectivity index (χ1) is 17.0. The lowest BCUT2D eigenvalue weighted by Gasteiger charge is -2.17. The number of hydrogen-bond acceptors (Lipinski definition) is 6. The molecule has 1 amide bonds. The number of thioether (sulfide) groups is 1. The van der Waals surface area contributed by atoms with Gasteiger partial charge < -0.3 is 15.2 Å². The summed E-state index contributed by atoms with van der Waals surface area (Å²) in [6.45, 7) is 2.28. The van der Waals surface area contributed by atoms with E-state index >= 15 is 0 Å². The van der Waals surface area contributed by atoms with Crippen LogP contribution >= 0.6 is 23.1 Å². The molecule has 2 N–H and O–H groups in total. The van der Waals surface area contributed by atoms with Crippen LogP contribution in [0.25, 0.3) is 21.3 Å². The van der Waals surface area contributed by atoms with Crippen molar-refractivity contribution in [1.29, 1.82) is 0 Å². The van der Waals surface area contributed by atoms with E-state index in [4.69, 9.17) is 4.74 Å². The van der Waals surface area contributed by atoms with Crippen molar-refractivity contribution >= 4 is 45.2 Å². The van der Waals surface area contributed by atoms with Crippen LogP contribution in [-0.4, -0.2) is 40.0 Å². The number of thiazole rings is 1. The van der Waals surface area contributed by atoms with Crippen LogP contribution in [0.15, 0.2) is 66.7 Å². The Labute approximate surface area is 212 Å². The van der Waals surface area contributed by atoms with Gasteiger partial charge in [-0.3, -0.25) is 4.79 Å². The molecule has 6 nitrogen and oxygen atoms in total. The number of benzene rings is 3. The predicted octanol–water partition coefficient (Wildman–Crippen LogP) is 5.79. The van der Waals surface area contributed by atoms with Crippen molar-refractivity contribution in [2.24, 2.45) is 0 Å². The lowest BCUT2D eigenvalue weighted by atomic mass is 9.93. The number of hydrogen-bond donors (Lipinski definition) is 2. The average Bonchev–Trinajstić information content (AvgIpc) is 3.28. The Hall–Kier alpha value is -3.36. The molecule has 180 valence electrons. The lowest BCUT2D eigenvalue weighted by molar-refractivity contribution is -0.139. The molecule has 3 aromatic carbocycles. The predicted molar refractivity (Wildman–Crippen MR) is 142 cm³/mol. The van der Waals surface area contributed by atoms with Gasteiger partial charge in [0, 0.05) is 5.56 Å². The van der Waals surface area contributed by atoms with E-state index in [9.17, 15) is 14.7 Å². The molecule has 8 heteroatoms. The van der Waals surface area contributed by atoms with E-state index < -0.39 is 17.9 Å². The van der Waals surface area contributed by atoms with Crippen LogP contribution in [0.1, 0.15) is 27.9 Å². The summed E-state index contributed by atoms with van der Waals surface area (Å²) >= 11 is 3.03. The zero-order chi connectivity index (χ0) is 24.8. The number of carbonyl (C=O) groups excluding carboxylic acids is 1. The number of carbonyl (C=O) groups is 2. The summed E-state index contributed by atoms with van der Waals surface area (Å²) < 4.78 is 7.03. The van der Waals surface area contributed by atoms with Crippen molar-refractivity contribution in [2.75, 3.05) is 12.0 Å². The minimum absolute atomic E-state index is 0.298. The fourth-order valence-corrected chi connectivity index (χ4v) is 5.05. The molecule has 0 saturated heterocycles. The van der Waals surface area contributed by atoms with Gasteiger partial charge in [-0.05, 0) is 71.9 Å². The van der Waals surface area contributed by atoms with E-state index in [1.165, 1.54) is 11.3 Å². The molecule has 1 heterocycles. The Kier molecular flexibility index (Phi) is 8.05. The summed E-state index contributed by atoms with van der Waals surface area (Å²) in [4.78, 5) is 29.4. The fourth-order valence-electron chi connectivity index (χ4n) is 3.76. The Morgan fingerprint density at radius 2 is 1.86 bits per heavy atom. The maximum absolute atomic E-state index is 13.2. The summed E-state index contributed by atoms with van der Waals surface area (Å²) in [6.07, 6.45) is 2.27. The summed E-state index contributed by atoms with van der Waals surface area (Å²) in [5.41, 5.74) is 4.88. The van der Waals surface area contributed by atoms with Crippen LogP contribution in [0.2, 0.25) is 0 Å². The molecule has 0 saturated carbocycles. The molecule has 35 heavy (non-hydrogen) atoms. The van der Waals surface area contributed by atoms with E-state index in [1.807, 2.05) is 73.8 Å². The number of rotatable bonds is 10. The van der Waals surface area contributed by atoms with Crippen LogP contribution in [0.4, 0.5) is 0 Å². The SMILES string of the molecule is CSCC[C@H](NC(=O)c1ccc(COc2nc3ccccc3s2)cc1-c1ccccc1C)C(=O)O. The molecule has 4 aromatic rings. The van der Waals surface area contributed by atoms with Gasteiger partial charge in [0.15, 0.2) is 0 Å². The third kappa shape index (κ3) is 6.01. The minimum atomic E-state index is -1.04. The number of ether oxygens (including phenoxy) is 1. The molecule has 0 fully saturated rings. The second-order valence-electron chi connectivity index (χ2n) is 8.08. The standard InChI is InChI=1S/C27H26N2O4S2/c1-17-7-3-4-8-19(17)21-15-18(16-33-27-29-22-9-5-6-10-24(22)35-27)11-12-20(21)25(30)28-23(26(31)32)13-14-34-2/h3-12,15,23H,13-14,16H2,1-2H3,(H,28,30)(H,31,32)/t23-/m0/s1. The molecule has 0 bridgehead atoms. The Morgan fingerprint density at radius 1 is 1.09 bits per heavy atom. The minimum Gasteiger partial charge on any atom is -0.480 e. The summed E-state index contributed by atoms with van der Waals surface area (Å²) in [5.74, 6) is -0.801. The van der Waals surface area contributed by atoms with Crippen molar-refractivity contribution in [1.82, 2.24) is 10.3 Å². The number of aromatic nitrogens is 1. The third-order valence-electron chi connectivity index (χ3n) is 5.61. The quantitative estimate of drug-likeness (QED) is 0.283. The van der Waals surface area contributed by atoms with Crippen LogP contribution in [-0.2, 0) is 11.4 Å². The molecule has 1 atom stereocenters. The van der Waals surface area contributed by atoms with E-state index in [0.29, 0.717) is 29.5 Å². The maximum Gasteiger partial charge on any atom is 0.326 e. The highest BCUT2D eigenvalue weighted by Gasteiger charge is 2.23. The summed E-state index contributed by atoms with van der Waals surface area (Å²) in [7, 11) is 0. The highest BCUT2D eigenvalue weighted by Crippen LogP contribution is 2.30. The summed E-state index contributed by atoms with van der Waals surface area (Å²) in [6, 6.07) is 20.3. The first-order valence-electron chi connectivity index (χ1n) is 11.2. The second kappa shape index (κ2) is 11.4. The molecule has 4 rings (SSSR count). The van der Waals surface area contributed by atoms with E-state index in [2.05, 4.69) is 10.3 Å². The zero-order valence-electron chi connectivity index (χ0n) is 19.5. The molecule has 0 aliphatic rings. The number of carboxylic acid groups (broad SMARTS) is 1. The normalized spacial score (nSPS) is 11.8. The molecule has 0 unspecified atom stereocenters. The largest absolute Gasteiger partial charge is 0.480 e. The van der Waals surface area contributed by atoms with Crippen molar-refractivity contribution < 1.29 is 19.4 Å². The Bertz CT molecular complexity index is 1320. The van der Waals surface area contributed by atoms with E-state index in [1.54, 1.807) is 17.8 Å². The van der Waals surface area contributed by atoms with Gasteiger partial charge >= 0.3 is 5.97 Å². The highest BCUT2D eigenvalue weighted by atomic mass is 32.2. The topological polar surface area (TPSA) is 88.5 Å². The first-order valence-corrected chi connectivity index (χ1v) is 13.4. The first kappa shape index (κ1) is 24.8. The number of para-hydroxylation sites is 1. The number of fused-ring (bicyclic) bond motifs is 1. The van der Waals surface area contributed by atoms with Gasteiger partial charge in [-0.2, -0.15) is 11.8 Å². The van der Waals surface area contributed by atoms with Gasteiger partial charge in [-0.25, -0.2) is 9.78 Å². The molecule has 0 spiro atoms. The monoisotopic (exact) mass is 506 g/mol. The zero-order valence-corrected chi connectivity index (χ0v) is 21.1.